The Labute approximate surface area is 126 Å². The van der Waals surface area contributed by atoms with Crippen molar-refractivity contribution in [1.29, 1.82) is 0 Å². The fourth-order valence-electron chi connectivity index (χ4n) is 2.27. The largest absolute Gasteiger partial charge is 0.385 e. The maximum absolute atomic E-state index is 5.08. The lowest BCUT2D eigenvalue weighted by atomic mass is 10.2. The number of aromatic nitrogens is 2. The molecular weight excluding hydrogens is 264 g/mol. The SMILES string of the molecule is CCN(CC)c1nc(NCCCOC)c2ccccc2n1. The van der Waals surface area contributed by atoms with Crippen LogP contribution in [-0.2, 0) is 4.74 Å². The van der Waals surface area contributed by atoms with E-state index in [-0.39, 0.29) is 0 Å². The van der Waals surface area contributed by atoms with Crippen LogP contribution < -0.4 is 10.2 Å². The predicted octanol–water partition coefficient (Wildman–Crippen LogP) is 2.92. The van der Waals surface area contributed by atoms with Crippen LogP contribution in [0.2, 0.25) is 0 Å². The van der Waals surface area contributed by atoms with E-state index in [1.807, 2.05) is 18.2 Å². The Morgan fingerprint density at radius 3 is 2.62 bits per heavy atom. The van der Waals surface area contributed by atoms with Gasteiger partial charge in [-0.25, -0.2) is 4.98 Å². The number of rotatable bonds is 8. The van der Waals surface area contributed by atoms with E-state index in [1.165, 1.54) is 0 Å². The summed E-state index contributed by atoms with van der Waals surface area (Å²) in [5.74, 6) is 1.69. The second-order valence-electron chi connectivity index (χ2n) is 4.83. The molecule has 0 amide bonds. The van der Waals surface area contributed by atoms with Gasteiger partial charge in [-0.15, -0.1) is 0 Å². The van der Waals surface area contributed by atoms with Gasteiger partial charge in [-0.1, -0.05) is 12.1 Å². The molecular formula is C16H24N4O. The third kappa shape index (κ3) is 3.82. The summed E-state index contributed by atoms with van der Waals surface area (Å²) in [6, 6.07) is 8.11. The zero-order valence-electron chi connectivity index (χ0n) is 13.1. The smallest absolute Gasteiger partial charge is 0.227 e. The molecule has 0 bridgehead atoms. The van der Waals surface area contributed by atoms with Crippen molar-refractivity contribution in [3.63, 3.8) is 0 Å². The highest BCUT2D eigenvalue weighted by atomic mass is 16.5. The topological polar surface area (TPSA) is 50.3 Å². The Bertz CT molecular complexity index is 569. The Morgan fingerprint density at radius 1 is 1.14 bits per heavy atom. The lowest BCUT2D eigenvalue weighted by molar-refractivity contribution is 0.198. The second-order valence-corrected chi connectivity index (χ2v) is 4.83. The third-order valence-electron chi connectivity index (χ3n) is 3.46. The van der Waals surface area contributed by atoms with Crippen LogP contribution in [0.3, 0.4) is 0 Å². The molecule has 1 aromatic carbocycles. The van der Waals surface area contributed by atoms with Gasteiger partial charge in [0.2, 0.25) is 5.95 Å². The number of para-hydroxylation sites is 1. The molecule has 114 valence electrons. The van der Waals surface area contributed by atoms with Gasteiger partial charge in [-0.05, 0) is 32.4 Å². The number of hydrogen-bond acceptors (Lipinski definition) is 5. The molecule has 2 aromatic rings. The van der Waals surface area contributed by atoms with E-state index >= 15 is 0 Å². The number of nitrogens with one attached hydrogen (secondary N) is 1. The quantitative estimate of drug-likeness (QED) is 0.757. The van der Waals surface area contributed by atoms with Gasteiger partial charge in [0.1, 0.15) is 5.82 Å². The third-order valence-corrected chi connectivity index (χ3v) is 3.46. The highest BCUT2D eigenvalue weighted by Crippen LogP contribution is 2.23. The van der Waals surface area contributed by atoms with Gasteiger partial charge < -0.3 is 15.0 Å². The Morgan fingerprint density at radius 2 is 1.90 bits per heavy atom. The first-order valence-electron chi connectivity index (χ1n) is 7.54. The van der Waals surface area contributed by atoms with E-state index in [0.717, 1.165) is 55.3 Å². The Kier molecular flexibility index (Phi) is 5.75. The van der Waals surface area contributed by atoms with Crippen LogP contribution in [0.4, 0.5) is 11.8 Å². The highest BCUT2D eigenvalue weighted by molar-refractivity contribution is 5.90. The van der Waals surface area contributed by atoms with Crippen molar-refractivity contribution in [3.8, 4) is 0 Å². The number of nitrogens with zero attached hydrogens (tertiary/aromatic N) is 3. The van der Waals surface area contributed by atoms with Gasteiger partial charge in [0.25, 0.3) is 0 Å². The number of ether oxygens (including phenoxy) is 1. The van der Waals surface area contributed by atoms with Crippen molar-refractivity contribution in [2.24, 2.45) is 0 Å². The van der Waals surface area contributed by atoms with Gasteiger partial charge in [0.05, 0.1) is 5.52 Å². The second kappa shape index (κ2) is 7.78. The lowest BCUT2D eigenvalue weighted by Crippen LogP contribution is -2.24. The van der Waals surface area contributed by atoms with Crippen molar-refractivity contribution >= 4 is 22.7 Å². The van der Waals surface area contributed by atoms with Gasteiger partial charge in [-0.3, -0.25) is 0 Å². The maximum Gasteiger partial charge on any atom is 0.227 e. The molecule has 0 saturated carbocycles. The number of benzene rings is 1. The zero-order valence-corrected chi connectivity index (χ0v) is 13.1. The fourth-order valence-corrected chi connectivity index (χ4v) is 2.27. The molecule has 1 heterocycles. The van der Waals surface area contributed by atoms with Crippen LogP contribution in [0.25, 0.3) is 10.9 Å². The van der Waals surface area contributed by atoms with Crippen LogP contribution in [-0.4, -0.2) is 43.3 Å². The molecule has 0 radical (unpaired) electrons. The predicted molar refractivity (Wildman–Crippen MR) is 88.1 cm³/mol. The first-order valence-corrected chi connectivity index (χ1v) is 7.54. The van der Waals surface area contributed by atoms with Crippen molar-refractivity contribution in [2.45, 2.75) is 20.3 Å². The van der Waals surface area contributed by atoms with Crippen LogP contribution in [0, 0.1) is 0 Å². The van der Waals surface area contributed by atoms with E-state index in [9.17, 15) is 0 Å². The van der Waals surface area contributed by atoms with E-state index in [4.69, 9.17) is 9.72 Å². The molecule has 1 aromatic heterocycles. The number of hydrogen-bond donors (Lipinski definition) is 1. The molecule has 0 spiro atoms. The molecule has 0 saturated heterocycles. The van der Waals surface area contributed by atoms with Gasteiger partial charge in [0.15, 0.2) is 0 Å². The summed E-state index contributed by atoms with van der Waals surface area (Å²) in [6.45, 7) is 7.63. The molecule has 0 fully saturated rings. The summed E-state index contributed by atoms with van der Waals surface area (Å²) >= 11 is 0. The summed E-state index contributed by atoms with van der Waals surface area (Å²) in [7, 11) is 1.72. The first-order chi connectivity index (χ1) is 10.3. The van der Waals surface area contributed by atoms with Crippen molar-refractivity contribution in [1.82, 2.24) is 9.97 Å². The normalized spacial score (nSPS) is 10.8. The summed E-state index contributed by atoms with van der Waals surface area (Å²) in [5, 5.41) is 4.47. The van der Waals surface area contributed by atoms with Crippen molar-refractivity contribution in [2.75, 3.05) is 43.6 Å². The van der Waals surface area contributed by atoms with E-state index in [1.54, 1.807) is 7.11 Å². The first kappa shape index (κ1) is 15.5. The van der Waals surface area contributed by atoms with E-state index < -0.39 is 0 Å². The standard InChI is InChI=1S/C16H24N4O/c1-4-20(5-2)16-18-14-10-7-6-9-13(14)15(19-16)17-11-8-12-21-3/h6-7,9-10H,4-5,8,11-12H2,1-3H3,(H,17,18,19). The highest BCUT2D eigenvalue weighted by Gasteiger charge is 2.10. The minimum Gasteiger partial charge on any atom is -0.385 e. The molecule has 0 atom stereocenters. The molecule has 21 heavy (non-hydrogen) atoms. The minimum absolute atomic E-state index is 0.749. The average molecular weight is 288 g/mol. The molecule has 5 nitrogen and oxygen atoms in total. The molecule has 5 heteroatoms. The summed E-state index contributed by atoms with van der Waals surface area (Å²) in [6.07, 6.45) is 0.954. The molecule has 1 N–H and O–H groups in total. The summed E-state index contributed by atoms with van der Waals surface area (Å²) < 4.78 is 5.08. The zero-order chi connectivity index (χ0) is 15.1. The average Bonchev–Trinajstić information content (AvgIpc) is 2.52. The molecule has 0 aliphatic rings. The van der Waals surface area contributed by atoms with Crippen molar-refractivity contribution < 1.29 is 4.74 Å². The van der Waals surface area contributed by atoms with Crippen LogP contribution in [0.15, 0.2) is 24.3 Å². The molecule has 0 aliphatic carbocycles. The monoisotopic (exact) mass is 288 g/mol. The Balaban J connectivity index is 2.31. The Hall–Kier alpha value is -1.88. The maximum atomic E-state index is 5.08. The van der Waals surface area contributed by atoms with Gasteiger partial charge >= 0.3 is 0 Å². The van der Waals surface area contributed by atoms with Crippen LogP contribution >= 0.6 is 0 Å². The fraction of sp³-hybridized carbons (Fsp3) is 0.500. The van der Waals surface area contributed by atoms with Gasteiger partial charge in [0, 0.05) is 38.7 Å². The number of fused-ring (bicyclic) bond motifs is 1. The van der Waals surface area contributed by atoms with Crippen LogP contribution in [0.1, 0.15) is 20.3 Å². The van der Waals surface area contributed by atoms with Gasteiger partial charge in [-0.2, -0.15) is 4.98 Å². The van der Waals surface area contributed by atoms with E-state index in [2.05, 4.69) is 35.1 Å². The van der Waals surface area contributed by atoms with E-state index in [0.29, 0.717) is 0 Å². The molecule has 2 rings (SSSR count). The minimum atomic E-state index is 0.749. The molecule has 0 unspecified atom stereocenters. The number of methoxy groups -OCH3 is 1. The lowest BCUT2D eigenvalue weighted by Gasteiger charge is -2.20. The van der Waals surface area contributed by atoms with Crippen molar-refractivity contribution in [3.05, 3.63) is 24.3 Å². The number of anilines is 2. The molecule has 0 aliphatic heterocycles. The summed E-state index contributed by atoms with van der Waals surface area (Å²) in [4.78, 5) is 11.5. The van der Waals surface area contributed by atoms with Crippen LogP contribution in [0.5, 0.6) is 0 Å². The summed E-state index contributed by atoms with van der Waals surface area (Å²) in [5.41, 5.74) is 0.976.